The Balaban J connectivity index is 2.53. The Morgan fingerprint density at radius 2 is 1.90 bits per heavy atom. The molecule has 5 nitrogen and oxygen atoms in total. The number of hydrogen-bond donors (Lipinski definition) is 5. The van der Waals surface area contributed by atoms with Crippen LogP contribution in [0.15, 0.2) is 0 Å². The van der Waals surface area contributed by atoms with Crippen molar-refractivity contribution in [2.24, 2.45) is 5.73 Å². The molecule has 1 unspecified atom stereocenters. The monoisotopic (exact) mass is 148 g/mol. The Labute approximate surface area is 58.5 Å². The molecule has 5 heteroatoms. The Bertz CT molecular complexity index is 121. The van der Waals surface area contributed by atoms with Crippen LogP contribution in [0.25, 0.3) is 0 Å². The average molecular weight is 148 g/mol. The van der Waals surface area contributed by atoms with Gasteiger partial charge in [0.25, 0.3) is 0 Å². The minimum atomic E-state index is -0.975. The Hall–Kier alpha value is -0.200. The molecule has 1 rings (SSSR count). The molecule has 0 saturated carbocycles. The molecule has 4 atom stereocenters. The maximum atomic E-state index is 9.08. The van der Waals surface area contributed by atoms with Gasteiger partial charge in [0.1, 0.15) is 12.2 Å². The molecule has 0 amide bonds. The molecule has 6 N–H and O–H groups in total. The fourth-order valence-electron chi connectivity index (χ4n) is 1.06. The molecule has 1 fully saturated rings. The van der Waals surface area contributed by atoms with Crippen LogP contribution >= 0.6 is 0 Å². The van der Waals surface area contributed by atoms with E-state index in [9.17, 15) is 0 Å². The summed E-state index contributed by atoms with van der Waals surface area (Å²) in [5.41, 5.74) is 5.30. The van der Waals surface area contributed by atoms with Gasteiger partial charge in [-0.05, 0) is 0 Å². The number of aliphatic hydroxyl groups is 3. The number of nitrogens with one attached hydrogen (secondary N) is 1. The Morgan fingerprint density at radius 1 is 1.30 bits per heavy atom. The quantitative estimate of drug-likeness (QED) is 0.272. The number of hydrogen-bond acceptors (Lipinski definition) is 5. The van der Waals surface area contributed by atoms with Gasteiger partial charge in [-0.3, -0.25) is 5.32 Å². The SMILES string of the molecule is NC1N[C@@H](CO)[C@H](O)[C@H]1O. The van der Waals surface area contributed by atoms with Crippen LogP contribution in [0, 0.1) is 0 Å². The first-order chi connectivity index (χ1) is 4.66. The minimum Gasteiger partial charge on any atom is -0.395 e. The standard InChI is InChI=1S/C5H12N2O3/c6-5-4(10)3(9)2(1-8)7-5/h2-5,7-10H,1,6H2/t2-,3-,4+,5?/m0/s1. The van der Waals surface area contributed by atoms with E-state index in [2.05, 4.69) is 5.32 Å². The van der Waals surface area contributed by atoms with E-state index in [0.717, 1.165) is 0 Å². The summed E-state index contributed by atoms with van der Waals surface area (Å²) in [6.45, 7) is -0.216. The lowest BCUT2D eigenvalue weighted by Gasteiger charge is -2.11. The van der Waals surface area contributed by atoms with E-state index in [0.29, 0.717) is 0 Å². The van der Waals surface area contributed by atoms with Crippen molar-refractivity contribution in [3.8, 4) is 0 Å². The zero-order valence-corrected chi connectivity index (χ0v) is 5.44. The van der Waals surface area contributed by atoms with E-state index in [4.69, 9.17) is 21.1 Å². The van der Waals surface area contributed by atoms with Gasteiger partial charge in [-0.2, -0.15) is 0 Å². The Kier molecular flexibility index (Phi) is 2.22. The van der Waals surface area contributed by atoms with Crippen molar-refractivity contribution in [2.45, 2.75) is 24.4 Å². The summed E-state index contributed by atoms with van der Waals surface area (Å²) in [5.74, 6) is 0. The molecule has 0 aromatic carbocycles. The van der Waals surface area contributed by atoms with Crippen molar-refractivity contribution in [1.29, 1.82) is 0 Å². The van der Waals surface area contributed by atoms with Crippen molar-refractivity contribution in [3.05, 3.63) is 0 Å². The zero-order valence-electron chi connectivity index (χ0n) is 5.44. The van der Waals surface area contributed by atoms with Crippen LogP contribution < -0.4 is 11.1 Å². The second-order valence-corrected chi connectivity index (χ2v) is 2.46. The van der Waals surface area contributed by atoms with E-state index in [1.165, 1.54) is 0 Å². The highest BCUT2D eigenvalue weighted by molar-refractivity contribution is 4.94. The molecule has 0 aromatic rings. The van der Waals surface area contributed by atoms with E-state index in [1.807, 2.05) is 0 Å². The number of aliphatic hydroxyl groups excluding tert-OH is 3. The largest absolute Gasteiger partial charge is 0.395 e. The highest BCUT2D eigenvalue weighted by Gasteiger charge is 2.38. The molecule has 0 spiro atoms. The average Bonchev–Trinajstić information content (AvgIpc) is 2.17. The zero-order chi connectivity index (χ0) is 7.72. The normalized spacial score (nSPS) is 48.0. The maximum absolute atomic E-state index is 9.08. The molecular formula is C5H12N2O3. The molecular weight excluding hydrogens is 136 g/mol. The second kappa shape index (κ2) is 2.81. The van der Waals surface area contributed by atoms with E-state index in [-0.39, 0.29) is 6.61 Å². The summed E-state index contributed by atoms with van der Waals surface area (Å²) in [6, 6.07) is -0.495. The van der Waals surface area contributed by atoms with Crippen molar-refractivity contribution in [2.75, 3.05) is 6.61 Å². The molecule has 1 saturated heterocycles. The van der Waals surface area contributed by atoms with Crippen LogP contribution in [0.2, 0.25) is 0 Å². The van der Waals surface area contributed by atoms with Crippen LogP contribution in [0.1, 0.15) is 0 Å². The van der Waals surface area contributed by atoms with Crippen molar-refractivity contribution < 1.29 is 15.3 Å². The van der Waals surface area contributed by atoms with Gasteiger partial charge >= 0.3 is 0 Å². The van der Waals surface area contributed by atoms with Gasteiger partial charge in [-0.25, -0.2) is 0 Å². The Morgan fingerprint density at radius 3 is 2.10 bits per heavy atom. The molecule has 60 valence electrons. The summed E-state index contributed by atoms with van der Waals surface area (Å²) < 4.78 is 0. The molecule has 1 aliphatic heterocycles. The van der Waals surface area contributed by atoms with Gasteiger partial charge in [-0.1, -0.05) is 0 Å². The first-order valence-corrected chi connectivity index (χ1v) is 3.15. The second-order valence-electron chi connectivity index (χ2n) is 2.46. The lowest BCUT2D eigenvalue weighted by molar-refractivity contribution is 0.0203. The minimum absolute atomic E-state index is 0.216. The third kappa shape index (κ3) is 1.14. The van der Waals surface area contributed by atoms with Gasteiger partial charge in [0.2, 0.25) is 0 Å². The first kappa shape index (κ1) is 7.90. The lowest BCUT2D eigenvalue weighted by Crippen LogP contribution is -2.41. The predicted octanol–water partition coefficient (Wildman–Crippen LogP) is -3.04. The summed E-state index contributed by atoms with van der Waals surface area (Å²) >= 11 is 0. The summed E-state index contributed by atoms with van der Waals surface area (Å²) in [6.07, 6.45) is -2.57. The van der Waals surface area contributed by atoms with Crippen LogP contribution in [0.3, 0.4) is 0 Å². The molecule has 0 aliphatic carbocycles. The van der Waals surface area contributed by atoms with E-state index in [1.54, 1.807) is 0 Å². The number of rotatable bonds is 1. The third-order valence-electron chi connectivity index (χ3n) is 1.73. The van der Waals surface area contributed by atoms with E-state index < -0.39 is 24.4 Å². The van der Waals surface area contributed by atoms with Crippen molar-refractivity contribution >= 4 is 0 Å². The highest BCUT2D eigenvalue weighted by Crippen LogP contribution is 2.09. The van der Waals surface area contributed by atoms with Gasteiger partial charge in [0.05, 0.1) is 18.8 Å². The van der Waals surface area contributed by atoms with Gasteiger partial charge in [-0.15, -0.1) is 0 Å². The first-order valence-electron chi connectivity index (χ1n) is 3.15. The van der Waals surface area contributed by atoms with Gasteiger partial charge in [0, 0.05) is 0 Å². The molecule has 10 heavy (non-hydrogen) atoms. The van der Waals surface area contributed by atoms with Crippen molar-refractivity contribution in [1.82, 2.24) is 5.32 Å². The highest BCUT2D eigenvalue weighted by atomic mass is 16.3. The molecule has 0 radical (unpaired) electrons. The molecule has 0 bridgehead atoms. The van der Waals surface area contributed by atoms with E-state index >= 15 is 0 Å². The van der Waals surface area contributed by atoms with Crippen molar-refractivity contribution in [3.63, 3.8) is 0 Å². The van der Waals surface area contributed by atoms with Crippen LogP contribution in [0.4, 0.5) is 0 Å². The predicted molar refractivity (Wildman–Crippen MR) is 34.0 cm³/mol. The molecule has 1 aliphatic rings. The maximum Gasteiger partial charge on any atom is 0.110 e. The smallest absolute Gasteiger partial charge is 0.110 e. The lowest BCUT2D eigenvalue weighted by atomic mass is 10.1. The number of nitrogens with two attached hydrogens (primary N) is 1. The third-order valence-corrected chi connectivity index (χ3v) is 1.73. The summed E-state index contributed by atoms with van der Waals surface area (Å²) in [7, 11) is 0. The fraction of sp³-hybridized carbons (Fsp3) is 1.00. The van der Waals surface area contributed by atoms with Crippen LogP contribution in [-0.2, 0) is 0 Å². The summed E-state index contributed by atoms with van der Waals surface area (Å²) in [4.78, 5) is 0. The molecule has 0 aromatic heterocycles. The molecule has 1 heterocycles. The van der Waals surface area contributed by atoms with Crippen LogP contribution in [-0.4, -0.2) is 46.3 Å². The van der Waals surface area contributed by atoms with Gasteiger partial charge in [0.15, 0.2) is 0 Å². The summed E-state index contributed by atoms with van der Waals surface area (Å²) in [5, 5.41) is 29.3. The van der Waals surface area contributed by atoms with Crippen LogP contribution in [0.5, 0.6) is 0 Å². The topological polar surface area (TPSA) is 98.7 Å². The fourth-order valence-corrected chi connectivity index (χ4v) is 1.06. The van der Waals surface area contributed by atoms with Gasteiger partial charge < -0.3 is 21.1 Å².